The van der Waals surface area contributed by atoms with Crippen LogP contribution in [0.5, 0.6) is 5.75 Å². The van der Waals surface area contributed by atoms with E-state index in [1.165, 1.54) is 11.8 Å². The van der Waals surface area contributed by atoms with Crippen molar-refractivity contribution in [3.05, 3.63) is 30.6 Å². The van der Waals surface area contributed by atoms with E-state index in [1.807, 2.05) is 38.1 Å². The van der Waals surface area contributed by atoms with Gasteiger partial charge in [-0.1, -0.05) is 25.6 Å². The second-order valence-corrected chi connectivity index (χ2v) is 6.93. The van der Waals surface area contributed by atoms with Crippen molar-refractivity contribution >= 4 is 17.7 Å². The molecule has 2 rings (SSSR count). The van der Waals surface area contributed by atoms with Gasteiger partial charge in [-0.15, -0.1) is 10.2 Å². The number of rotatable bonds is 7. The molecule has 132 valence electrons. The van der Waals surface area contributed by atoms with Crippen LogP contribution in [0.15, 0.2) is 35.7 Å². The van der Waals surface area contributed by atoms with Crippen molar-refractivity contribution in [3.8, 4) is 17.5 Å². The minimum Gasteiger partial charge on any atom is -0.497 e. The Bertz CT molecular complexity index is 766. The molecule has 25 heavy (non-hydrogen) atoms. The van der Waals surface area contributed by atoms with E-state index < -0.39 is 5.54 Å². The van der Waals surface area contributed by atoms with Gasteiger partial charge in [0.05, 0.1) is 18.9 Å². The third kappa shape index (κ3) is 4.51. The fraction of sp³-hybridized carbons (Fsp3) is 0.412. The SMILES string of the molecule is COc1ccc(-n2cnnc2SCC(=O)N[C@@](C)(C#N)C(C)C)cc1. The van der Waals surface area contributed by atoms with E-state index in [4.69, 9.17) is 4.74 Å². The number of nitrogens with zero attached hydrogens (tertiary/aromatic N) is 4. The molecule has 1 aromatic carbocycles. The van der Waals surface area contributed by atoms with Gasteiger partial charge in [0, 0.05) is 5.69 Å². The molecule has 7 nitrogen and oxygen atoms in total. The maximum absolute atomic E-state index is 12.2. The first-order valence-corrected chi connectivity index (χ1v) is 8.77. The molecule has 1 N–H and O–H groups in total. The second-order valence-electron chi connectivity index (χ2n) is 5.99. The highest BCUT2D eigenvalue weighted by molar-refractivity contribution is 7.99. The van der Waals surface area contributed by atoms with Gasteiger partial charge < -0.3 is 10.1 Å². The fourth-order valence-corrected chi connectivity index (χ4v) is 2.73. The number of methoxy groups -OCH3 is 1. The summed E-state index contributed by atoms with van der Waals surface area (Å²) in [5.41, 5.74) is -0.0147. The fourth-order valence-electron chi connectivity index (χ4n) is 2.00. The number of hydrogen-bond acceptors (Lipinski definition) is 6. The van der Waals surface area contributed by atoms with Crippen LogP contribution in [-0.2, 0) is 4.79 Å². The Morgan fingerprint density at radius 2 is 2.12 bits per heavy atom. The Morgan fingerprint density at radius 1 is 1.44 bits per heavy atom. The molecule has 0 fully saturated rings. The van der Waals surface area contributed by atoms with Crippen LogP contribution in [0, 0.1) is 17.2 Å². The average molecular weight is 359 g/mol. The van der Waals surface area contributed by atoms with Crippen molar-refractivity contribution in [1.82, 2.24) is 20.1 Å². The third-order valence-electron chi connectivity index (χ3n) is 3.99. The normalized spacial score (nSPS) is 13.1. The number of hydrogen-bond donors (Lipinski definition) is 1. The molecular formula is C17H21N5O2S. The van der Waals surface area contributed by atoms with E-state index in [1.54, 1.807) is 24.9 Å². The van der Waals surface area contributed by atoms with Gasteiger partial charge in [0.15, 0.2) is 5.16 Å². The van der Waals surface area contributed by atoms with E-state index in [-0.39, 0.29) is 17.6 Å². The molecule has 1 heterocycles. The molecule has 0 saturated carbocycles. The zero-order chi connectivity index (χ0) is 18.4. The quantitative estimate of drug-likeness (QED) is 0.763. The lowest BCUT2D eigenvalue weighted by Crippen LogP contribution is -2.49. The van der Waals surface area contributed by atoms with Crippen molar-refractivity contribution < 1.29 is 9.53 Å². The number of amides is 1. The largest absolute Gasteiger partial charge is 0.497 e. The van der Waals surface area contributed by atoms with E-state index in [9.17, 15) is 10.1 Å². The van der Waals surface area contributed by atoms with Crippen LogP contribution in [0.2, 0.25) is 0 Å². The summed E-state index contributed by atoms with van der Waals surface area (Å²) in [4.78, 5) is 12.2. The van der Waals surface area contributed by atoms with Gasteiger partial charge in [0.25, 0.3) is 0 Å². The highest BCUT2D eigenvalue weighted by Gasteiger charge is 2.30. The van der Waals surface area contributed by atoms with E-state index >= 15 is 0 Å². The predicted octanol–water partition coefficient (Wildman–Crippen LogP) is 2.42. The molecule has 0 unspecified atom stereocenters. The van der Waals surface area contributed by atoms with E-state index in [0.29, 0.717) is 5.16 Å². The number of nitriles is 1. The lowest BCUT2D eigenvalue weighted by Gasteiger charge is -2.27. The van der Waals surface area contributed by atoms with Gasteiger partial charge in [-0.2, -0.15) is 5.26 Å². The first-order chi connectivity index (χ1) is 11.9. The van der Waals surface area contributed by atoms with Crippen molar-refractivity contribution in [3.63, 3.8) is 0 Å². The summed E-state index contributed by atoms with van der Waals surface area (Å²) in [6.07, 6.45) is 1.59. The number of nitrogens with one attached hydrogen (secondary N) is 1. The maximum Gasteiger partial charge on any atom is 0.231 e. The summed E-state index contributed by atoms with van der Waals surface area (Å²) in [6.45, 7) is 5.52. The molecule has 0 aliphatic heterocycles. The Balaban J connectivity index is 2.04. The summed E-state index contributed by atoms with van der Waals surface area (Å²) in [7, 11) is 1.61. The highest BCUT2D eigenvalue weighted by atomic mass is 32.2. The second kappa shape index (κ2) is 8.03. The minimum atomic E-state index is -0.888. The van der Waals surface area contributed by atoms with Crippen LogP contribution in [0.1, 0.15) is 20.8 Å². The van der Waals surface area contributed by atoms with Crippen LogP contribution in [0.25, 0.3) is 5.69 Å². The molecule has 0 radical (unpaired) electrons. The summed E-state index contributed by atoms with van der Waals surface area (Å²) < 4.78 is 6.94. The monoisotopic (exact) mass is 359 g/mol. The molecule has 0 aliphatic rings. The zero-order valence-corrected chi connectivity index (χ0v) is 15.5. The van der Waals surface area contributed by atoms with Crippen molar-refractivity contribution in [2.45, 2.75) is 31.5 Å². The summed E-state index contributed by atoms with van der Waals surface area (Å²) in [6, 6.07) is 9.63. The lowest BCUT2D eigenvalue weighted by atomic mass is 9.90. The number of thioether (sulfide) groups is 1. The third-order valence-corrected chi connectivity index (χ3v) is 4.93. The highest BCUT2D eigenvalue weighted by Crippen LogP contribution is 2.22. The zero-order valence-electron chi connectivity index (χ0n) is 14.7. The van der Waals surface area contributed by atoms with Crippen molar-refractivity contribution in [1.29, 1.82) is 5.26 Å². The first kappa shape index (κ1) is 18.8. The number of ether oxygens (including phenoxy) is 1. The van der Waals surface area contributed by atoms with Gasteiger partial charge in [-0.25, -0.2) is 0 Å². The first-order valence-electron chi connectivity index (χ1n) is 7.79. The maximum atomic E-state index is 12.2. The number of carbonyl (C=O) groups is 1. The van der Waals surface area contributed by atoms with Crippen LogP contribution < -0.4 is 10.1 Å². The van der Waals surface area contributed by atoms with Crippen LogP contribution in [-0.4, -0.2) is 39.1 Å². The van der Waals surface area contributed by atoms with Crippen LogP contribution in [0.3, 0.4) is 0 Å². The molecule has 0 saturated heterocycles. The van der Waals surface area contributed by atoms with Gasteiger partial charge in [0.2, 0.25) is 5.91 Å². The topological polar surface area (TPSA) is 92.8 Å². The molecule has 1 atom stereocenters. The Kier molecular flexibility index (Phi) is 6.04. The lowest BCUT2D eigenvalue weighted by molar-refractivity contribution is -0.120. The summed E-state index contributed by atoms with van der Waals surface area (Å²) >= 11 is 1.27. The van der Waals surface area contributed by atoms with E-state index in [2.05, 4.69) is 21.6 Å². The number of aromatic nitrogens is 3. The number of benzene rings is 1. The Hall–Kier alpha value is -2.53. The van der Waals surface area contributed by atoms with Crippen LogP contribution in [0.4, 0.5) is 0 Å². The average Bonchev–Trinajstić information content (AvgIpc) is 3.08. The van der Waals surface area contributed by atoms with Crippen molar-refractivity contribution in [2.24, 2.45) is 5.92 Å². The molecule has 8 heteroatoms. The van der Waals surface area contributed by atoms with Crippen molar-refractivity contribution in [2.75, 3.05) is 12.9 Å². The minimum absolute atomic E-state index is 0.00871. The van der Waals surface area contributed by atoms with Gasteiger partial charge >= 0.3 is 0 Å². The van der Waals surface area contributed by atoms with Gasteiger partial charge in [-0.05, 0) is 37.1 Å². The smallest absolute Gasteiger partial charge is 0.231 e. The van der Waals surface area contributed by atoms with E-state index in [0.717, 1.165) is 11.4 Å². The number of carbonyl (C=O) groups excluding carboxylic acids is 1. The summed E-state index contributed by atoms with van der Waals surface area (Å²) in [5.74, 6) is 0.704. The molecule has 0 spiro atoms. The summed E-state index contributed by atoms with van der Waals surface area (Å²) in [5, 5.41) is 20.6. The van der Waals surface area contributed by atoms with Crippen LogP contribution >= 0.6 is 11.8 Å². The predicted molar refractivity (Wildman–Crippen MR) is 95.6 cm³/mol. The van der Waals surface area contributed by atoms with Gasteiger partial charge in [0.1, 0.15) is 17.6 Å². The molecule has 0 bridgehead atoms. The Morgan fingerprint density at radius 3 is 2.68 bits per heavy atom. The van der Waals surface area contributed by atoms with Gasteiger partial charge in [-0.3, -0.25) is 9.36 Å². The molecule has 2 aromatic rings. The molecule has 1 aromatic heterocycles. The molecular weight excluding hydrogens is 338 g/mol. The Labute approximate surface area is 151 Å². The molecule has 1 amide bonds. The standard InChI is InChI=1S/C17H21N5O2S/c1-12(2)17(3,10-18)20-15(23)9-25-16-21-19-11-22(16)13-5-7-14(24-4)8-6-13/h5-8,11-12H,9H2,1-4H3,(H,20,23)/t17-/m0/s1. The molecule has 0 aliphatic carbocycles.